The molecule has 0 bridgehead atoms. The molecule has 0 fully saturated rings. The maximum Gasteiger partial charge on any atom is 0.320 e. The van der Waals surface area contributed by atoms with Crippen LogP contribution in [0.4, 0.5) is 0 Å². The van der Waals surface area contributed by atoms with Crippen LogP contribution in [0.2, 0.25) is 10.1 Å². The van der Waals surface area contributed by atoms with E-state index in [1.165, 1.54) is 20.7 Å². The molecule has 0 radical (unpaired) electrons. The van der Waals surface area contributed by atoms with Gasteiger partial charge in [0.05, 0.1) is 0 Å². The zero-order chi connectivity index (χ0) is 32.8. The molecule has 0 saturated carbocycles. The van der Waals surface area contributed by atoms with E-state index in [1.54, 1.807) is 6.08 Å². The number of ether oxygens (including phenoxy) is 1. The van der Waals surface area contributed by atoms with Gasteiger partial charge in [-0.25, -0.2) is 0 Å². The van der Waals surface area contributed by atoms with Gasteiger partial charge < -0.3 is 13.6 Å². The van der Waals surface area contributed by atoms with Gasteiger partial charge in [0.25, 0.3) is 0 Å². The summed E-state index contributed by atoms with van der Waals surface area (Å²) < 4.78 is 21.3. The second-order valence-electron chi connectivity index (χ2n) is 13.7. The van der Waals surface area contributed by atoms with Crippen molar-refractivity contribution in [2.24, 2.45) is 0 Å². The molecule has 0 aliphatic carbocycles. The quantitative estimate of drug-likeness (QED) is 0.108. The SMILES string of the molecule is C=CCOc1ccc(O[Si](c2ccccc2)(c2ccccc2)C(C)(C)C)cc1O[Si](c1ccccc1)(c1ccccc1)C(C)(C)C. The molecule has 3 nitrogen and oxygen atoms in total. The van der Waals surface area contributed by atoms with Gasteiger partial charge in [-0.3, -0.25) is 0 Å². The van der Waals surface area contributed by atoms with Crippen LogP contribution in [0.3, 0.4) is 0 Å². The third kappa shape index (κ3) is 6.35. The van der Waals surface area contributed by atoms with Crippen LogP contribution in [0, 0.1) is 0 Å². The van der Waals surface area contributed by atoms with Crippen LogP contribution in [-0.4, -0.2) is 23.2 Å². The molecule has 46 heavy (non-hydrogen) atoms. The van der Waals surface area contributed by atoms with Gasteiger partial charge in [0.2, 0.25) is 0 Å². The molecule has 0 aliphatic heterocycles. The first-order valence-corrected chi connectivity index (χ1v) is 19.8. The lowest BCUT2D eigenvalue weighted by atomic mass is 10.2. The summed E-state index contributed by atoms with van der Waals surface area (Å²) in [6.45, 7) is 18.0. The molecule has 0 amide bonds. The Hall–Kier alpha value is -4.33. The van der Waals surface area contributed by atoms with E-state index in [0.717, 1.165) is 5.75 Å². The minimum absolute atomic E-state index is 0.188. The normalized spacial score (nSPS) is 12.3. The van der Waals surface area contributed by atoms with Gasteiger partial charge in [-0.05, 0) is 43.0 Å². The summed E-state index contributed by atoms with van der Waals surface area (Å²) in [6, 6.07) is 48.9. The van der Waals surface area contributed by atoms with E-state index in [4.69, 9.17) is 13.6 Å². The summed E-state index contributed by atoms with van der Waals surface area (Å²) in [5.41, 5.74) is 0. The third-order valence-electron chi connectivity index (χ3n) is 8.64. The van der Waals surface area contributed by atoms with Gasteiger partial charge in [-0.2, -0.15) is 0 Å². The van der Waals surface area contributed by atoms with E-state index in [0.29, 0.717) is 18.1 Å². The van der Waals surface area contributed by atoms with Crippen LogP contribution in [-0.2, 0) is 0 Å². The second-order valence-corrected chi connectivity index (χ2v) is 22.2. The summed E-state index contributed by atoms with van der Waals surface area (Å²) in [6.07, 6.45) is 1.76. The molecule has 0 N–H and O–H groups in total. The molecule has 236 valence electrons. The Labute approximate surface area is 277 Å². The number of rotatable bonds is 11. The Morgan fingerprint density at radius 3 is 1.22 bits per heavy atom. The van der Waals surface area contributed by atoms with Gasteiger partial charge in [0.15, 0.2) is 11.5 Å². The topological polar surface area (TPSA) is 27.7 Å². The van der Waals surface area contributed by atoms with Crippen LogP contribution >= 0.6 is 0 Å². The lowest BCUT2D eigenvalue weighted by Crippen LogP contribution is -2.69. The summed E-state index contributed by atoms with van der Waals surface area (Å²) in [4.78, 5) is 0. The molecular formula is C41H46O3Si2. The highest BCUT2D eigenvalue weighted by Gasteiger charge is 2.54. The molecule has 5 aromatic carbocycles. The molecule has 0 spiro atoms. The Bertz CT molecular complexity index is 1630. The molecule has 5 heteroatoms. The molecule has 0 saturated heterocycles. The van der Waals surface area contributed by atoms with Gasteiger partial charge in [-0.1, -0.05) is 176 Å². The standard InChI is InChI=1S/C41H46O3Si2/c1-8-31-42-38-30-29-33(43-45(40(2,3)4,34-21-13-9-14-22-34)35-23-15-10-16-24-35)32-39(38)44-46(41(5,6)7,36-25-17-11-18-26-36)37-27-19-12-20-28-37/h8-30,32H,1,31H2,2-7H3. The number of benzene rings is 5. The highest BCUT2D eigenvalue weighted by molar-refractivity contribution is 7.00. The highest BCUT2D eigenvalue weighted by atomic mass is 28.4. The fraction of sp³-hybridized carbons (Fsp3) is 0.220. The smallest absolute Gasteiger partial charge is 0.320 e. The monoisotopic (exact) mass is 642 g/mol. The van der Waals surface area contributed by atoms with Crippen molar-refractivity contribution in [3.05, 3.63) is 152 Å². The Morgan fingerprint density at radius 1 is 0.500 bits per heavy atom. The maximum atomic E-state index is 7.53. The lowest BCUT2D eigenvalue weighted by Gasteiger charge is -2.44. The fourth-order valence-corrected chi connectivity index (χ4v) is 15.4. The Morgan fingerprint density at radius 2 is 0.870 bits per heavy atom. The van der Waals surface area contributed by atoms with Crippen molar-refractivity contribution >= 4 is 37.4 Å². The predicted octanol–water partition coefficient (Wildman–Crippen LogP) is 8.13. The molecule has 0 aliphatic rings. The van der Waals surface area contributed by atoms with Gasteiger partial charge in [-0.15, -0.1) is 0 Å². The first-order chi connectivity index (χ1) is 22.0. The van der Waals surface area contributed by atoms with Crippen LogP contribution in [0.25, 0.3) is 0 Å². The summed E-state index contributed by atoms with van der Waals surface area (Å²) in [7, 11) is -5.84. The second kappa shape index (κ2) is 13.6. The molecule has 0 heterocycles. The largest absolute Gasteiger partial charge is 0.534 e. The molecule has 5 rings (SSSR count). The van der Waals surface area contributed by atoms with E-state index in [2.05, 4.69) is 176 Å². The highest BCUT2D eigenvalue weighted by Crippen LogP contribution is 2.43. The number of hydrogen-bond acceptors (Lipinski definition) is 3. The first kappa shape index (κ1) is 33.0. The van der Waals surface area contributed by atoms with Crippen LogP contribution in [0.15, 0.2) is 152 Å². The molecule has 5 aromatic rings. The average molecular weight is 643 g/mol. The van der Waals surface area contributed by atoms with Gasteiger partial charge >= 0.3 is 16.6 Å². The zero-order valence-corrected chi connectivity index (χ0v) is 30.0. The average Bonchev–Trinajstić information content (AvgIpc) is 3.06. The fourth-order valence-electron chi connectivity index (χ4n) is 6.54. The maximum absolute atomic E-state index is 7.53. The van der Waals surface area contributed by atoms with Crippen molar-refractivity contribution in [2.75, 3.05) is 6.61 Å². The molecule has 0 unspecified atom stereocenters. The Balaban J connectivity index is 1.74. The van der Waals surface area contributed by atoms with Crippen LogP contribution in [0.5, 0.6) is 17.2 Å². The predicted molar refractivity (Wildman–Crippen MR) is 199 cm³/mol. The molecular weight excluding hydrogens is 597 g/mol. The van der Waals surface area contributed by atoms with Crippen molar-refractivity contribution < 1.29 is 13.6 Å². The molecule has 0 atom stereocenters. The van der Waals surface area contributed by atoms with Crippen LogP contribution < -0.4 is 34.3 Å². The lowest BCUT2D eigenvalue weighted by molar-refractivity contribution is 0.345. The van der Waals surface area contributed by atoms with E-state index >= 15 is 0 Å². The van der Waals surface area contributed by atoms with E-state index in [9.17, 15) is 0 Å². The van der Waals surface area contributed by atoms with E-state index < -0.39 is 16.6 Å². The first-order valence-electron chi connectivity index (χ1n) is 16.0. The van der Waals surface area contributed by atoms with E-state index in [-0.39, 0.29) is 10.1 Å². The van der Waals surface area contributed by atoms with E-state index in [1.807, 2.05) is 12.1 Å². The summed E-state index contributed by atoms with van der Waals surface area (Å²) in [5, 5.41) is 4.42. The summed E-state index contributed by atoms with van der Waals surface area (Å²) >= 11 is 0. The third-order valence-corrected chi connectivity index (χ3v) is 18.5. The minimum Gasteiger partial charge on any atom is -0.534 e. The molecule has 0 aromatic heterocycles. The van der Waals surface area contributed by atoms with Crippen molar-refractivity contribution in [3.63, 3.8) is 0 Å². The Kier molecular flexibility index (Phi) is 9.75. The van der Waals surface area contributed by atoms with Crippen molar-refractivity contribution in [3.8, 4) is 17.2 Å². The van der Waals surface area contributed by atoms with Crippen LogP contribution in [0.1, 0.15) is 41.5 Å². The summed E-state index contributed by atoms with van der Waals surface area (Å²) in [5.74, 6) is 2.10. The minimum atomic E-state index is -2.96. The van der Waals surface area contributed by atoms with Gasteiger partial charge in [0.1, 0.15) is 12.4 Å². The van der Waals surface area contributed by atoms with Crippen molar-refractivity contribution in [1.29, 1.82) is 0 Å². The number of hydrogen-bond donors (Lipinski definition) is 0. The van der Waals surface area contributed by atoms with Gasteiger partial charge in [0, 0.05) is 6.07 Å². The van der Waals surface area contributed by atoms with Crippen molar-refractivity contribution in [1.82, 2.24) is 0 Å². The van der Waals surface area contributed by atoms with Crippen molar-refractivity contribution in [2.45, 2.75) is 51.6 Å². The zero-order valence-electron chi connectivity index (χ0n) is 28.0.